The van der Waals surface area contributed by atoms with Crippen LogP contribution in [0.15, 0.2) is 42.7 Å². The Morgan fingerprint density at radius 2 is 2.00 bits per heavy atom. The van der Waals surface area contributed by atoms with Gasteiger partial charge in [-0.3, -0.25) is 9.58 Å². The normalized spacial score (nSPS) is 18.5. The summed E-state index contributed by atoms with van der Waals surface area (Å²) in [4.78, 5) is 15.8. The maximum atomic E-state index is 12.1. The van der Waals surface area contributed by atoms with Crippen LogP contribution < -0.4 is 9.64 Å². The van der Waals surface area contributed by atoms with E-state index < -0.39 is 6.09 Å². The number of ether oxygens (including phenoxy) is 1. The number of anilines is 1. The molecule has 1 fully saturated rings. The van der Waals surface area contributed by atoms with Crippen LogP contribution in [0.3, 0.4) is 0 Å². The lowest BCUT2D eigenvalue weighted by Crippen LogP contribution is -2.41. The molecule has 1 saturated heterocycles. The number of hydrogen-bond donors (Lipinski definition) is 1. The zero-order chi connectivity index (χ0) is 25.4. The predicted molar refractivity (Wildman–Crippen MR) is 138 cm³/mol. The number of rotatable bonds is 4. The number of amides is 1. The number of benzene rings is 2. The van der Waals surface area contributed by atoms with Crippen molar-refractivity contribution in [2.45, 2.75) is 44.7 Å². The highest BCUT2D eigenvalue weighted by atomic mass is 35.5. The molecule has 9 heteroatoms. The van der Waals surface area contributed by atoms with Gasteiger partial charge in [-0.15, -0.1) is 0 Å². The molecule has 8 nitrogen and oxygen atoms in total. The van der Waals surface area contributed by atoms with Crippen molar-refractivity contribution >= 4 is 23.4 Å². The number of nitriles is 1. The fraction of sp³-hybridized carbons (Fsp3) is 0.370. The van der Waals surface area contributed by atoms with E-state index in [-0.39, 0.29) is 6.04 Å². The summed E-state index contributed by atoms with van der Waals surface area (Å²) in [5.41, 5.74) is 3.42. The minimum Gasteiger partial charge on any atom is -0.465 e. The van der Waals surface area contributed by atoms with Gasteiger partial charge in [-0.25, -0.2) is 4.79 Å². The van der Waals surface area contributed by atoms with E-state index in [1.54, 1.807) is 18.2 Å². The minimum absolute atomic E-state index is 0.147. The van der Waals surface area contributed by atoms with Crippen molar-refractivity contribution in [3.63, 3.8) is 0 Å². The second kappa shape index (κ2) is 9.84. The van der Waals surface area contributed by atoms with E-state index in [9.17, 15) is 15.2 Å². The first-order valence-electron chi connectivity index (χ1n) is 12.1. The zero-order valence-corrected chi connectivity index (χ0v) is 21.1. The summed E-state index contributed by atoms with van der Waals surface area (Å²) in [6.07, 6.45) is 6.27. The highest BCUT2D eigenvalue weighted by Crippen LogP contribution is 2.45. The van der Waals surface area contributed by atoms with E-state index in [2.05, 4.69) is 23.1 Å². The summed E-state index contributed by atoms with van der Waals surface area (Å²) in [7, 11) is 2.13. The average Bonchev–Trinajstić information content (AvgIpc) is 3.35. The van der Waals surface area contributed by atoms with Crippen LogP contribution in [0, 0.1) is 11.3 Å². The van der Waals surface area contributed by atoms with Gasteiger partial charge in [0.05, 0.1) is 23.5 Å². The van der Waals surface area contributed by atoms with E-state index in [4.69, 9.17) is 16.3 Å². The molecule has 1 aromatic heterocycles. The van der Waals surface area contributed by atoms with Gasteiger partial charge in [0.2, 0.25) is 0 Å². The van der Waals surface area contributed by atoms with Crippen LogP contribution in [-0.2, 0) is 6.42 Å². The monoisotopic (exact) mass is 505 g/mol. The van der Waals surface area contributed by atoms with Crippen molar-refractivity contribution in [3.8, 4) is 28.7 Å². The average molecular weight is 506 g/mol. The fourth-order valence-electron chi connectivity index (χ4n) is 5.16. The van der Waals surface area contributed by atoms with Gasteiger partial charge in [0.15, 0.2) is 0 Å². The molecule has 3 heterocycles. The van der Waals surface area contributed by atoms with Crippen molar-refractivity contribution in [1.29, 1.82) is 5.26 Å². The molecule has 0 saturated carbocycles. The zero-order valence-electron chi connectivity index (χ0n) is 20.3. The van der Waals surface area contributed by atoms with Crippen molar-refractivity contribution in [2.75, 3.05) is 25.0 Å². The molecule has 1 atom stereocenters. The first kappa shape index (κ1) is 24.2. The summed E-state index contributed by atoms with van der Waals surface area (Å²) in [5, 5.41) is 24.7. The van der Waals surface area contributed by atoms with Gasteiger partial charge in [0.1, 0.15) is 17.6 Å². The molecule has 36 heavy (non-hydrogen) atoms. The third-order valence-electron chi connectivity index (χ3n) is 7.20. The summed E-state index contributed by atoms with van der Waals surface area (Å²) in [5.74, 6) is 0.923. The second-order valence-corrected chi connectivity index (χ2v) is 10.0. The lowest BCUT2D eigenvalue weighted by atomic mass is 9.92. The molecule has 0 spiro atoms. The van der Waals surface area contributed by atoms with Gasteiger partial charge in [0, 0.05) is 34.0 Å². The molecule has 186 valence electrons. The number of hydrogen-bond acceptors (Lipinski definition) is 5. The minimum atomic E-state index is -0.999. The number of carbonyl (C=O) groups is 1. The Morgan fingerprint density at radius 1 is 1.22 bits per heavy atom. The van der Waals surface area contributed by atoms with E-state index in [1.165, 1.54) is 4.90 Å². The van der Waals surface area contributed by atoms with Crippen molar-refractivity contribution in [2.24, 2.45) is 0 Å². The predicted octanol–water partition coefficient (Wildman–Crippen LogP) is 5.95. The number of fused-ring (bicyclic) bond motifs is 1. The maximum Gasteiger partial charge on any atom is 0.412 e. The van der Waals surface area contributed by atoms with E-state index in [1.807, 2.05) is 36.1 Å². The van der Waals surface area contributed by atoms with Gasteiger partial charge in [-0.2, -0.15) is 10.4 Å². The topological polar surface area (TPSA) is 94.6 Å². The Hall–Kier alpha value is -3.54. The van der Waals surface area contributed by atoms with Gasteiger partial charge < -0.3 is 14.7 Å². The van der Waals surface area contributed by atoms with Gasteiger partial charge in [0.25, 0.3) is 0 Å². The van der Waals surface area contributed by atoms with Crippen LogP contribution in [0.5, 0.6) is 11.5 Å². The molecule has 3 aromatic rings. The molecule has 2 aliphatic rings. The van der Waals surface area contributed by atoms with Crippen LogP contribution in [-0.4, -0.2) is 52.1 Å². The molecule has 1 unspecified atom stereocenters. The van der Waals surface area contributed by atoms with Crippen LogP contribution >= 0.6 is 11.6 Å². The van der Waals surface area contributed by atoms with Crippen molar-refractivity contribution in [3.05, 3.63) is 58.9 Å². The lowest BCUT2D eigenvalue weighted by molar-refractivity contribution is 0.198. The molecule has 5 rings (SSSR count). The van der Waals surface area contributed by atoms with E-state index in [0.29, 0.717) is 46.7 Å². The molecule has 1 amide bonds. The Kier molecular flexibility index (Phi) is 6.61. The van der Waals surface area contributed by atoms with Crippen LogP contribution in [0.25, 0.3) is 11.1 Å². The molecule has 1 N–H and O–H groups in total. The Bertz CT molecular complexity index is 1340. The standard InChI is InChI=1S/C27H28ClN5O3/c1-17-3-5-23-24(33(17)27(34)35)7-6-22(26(23)36-25-8-4-20(28)13-18(25)14-29)19-15-30-32(16-19)21-9-11-31(2)12-10-21/h4,6-8,13,15-17,21H,3,5,9-12H2,1-2H3,(H,34,35). The maximum absolute atomic E-state index is 12.1. The molecule has 0 bridgehead atoms. The molecular formula is C27H28ClN5O3. The van der Waals surface area contributed by atoms with Gasteiger partial charge in [-0.1, -0.05) is 11.6 Å². The molecule has 2 aromatic carbocycles. The number of likely N-dealkylation sites (tertiary alicyclic amines) is 1. The first-order valence-corrected chi connectivity index (χ1v) is 12.5. The van der Waals surface area contributed by atoms with Gasteiger partial charge in [-0.05, 0) is 83.1 Å². The number of carboxylic acid groups (broad SMARTS) is 1. The largest absolute Gasteiger partial charge is 0.465 e. The summed E-state index contributed by atoms with van der Waals surface area (Å²) in [6, 6.07) is 11.0. The van der Waals surface area contributed by atoms with Gasteiger partial charge >= 0.3 is 6.09 Å². The lowest BCUT2D eigenvalue weighted by Gasteiger charge is -2.34. The second-order valence-electron chi connectivity index (χ2n) is 9.58. The number of aromatic nitrogens is 2. The molecule has 0 aliphatic carbocycles. The van der Waals surface area contributed by atoms with Crippen molar-refractivity contribution in [1.82, 2.24) is 14.7 Å². The highest BCUT2D eigenvalue weighted by molar-refractivity contribution is 6.30. The highest BCUT2D eigenvalue weighted by Gasteiger charge is 2.32. The SMILES string of the molecule is CC1CCc2c(ccc(-c3cnn(C4CCN(C)CC4)c3)c2Oc2ccc(Cl)cc2C#N)N1C(=O)O. The van der Waals surface area contributed by atoms with E-state index >= 15 is 0 Å². The third kappa shape index (κ3) is 4.52. The van der Waals surface area contributed by atoms with Crippen LogP contribution in [0.4, 0.5) is 10.5 Å². The Balaban J connectivity index is 1.61. The summed E-state index contributed by atoms with van der Waals surface area (Å²) >= 11 is 6.10. The Labute approximate surface area is 215 Å². The summed E-state index contributed by atoms with van der Waals surface area (Å²) < 4.78 is 8.46. The molecular weight excluding hydrogens is 478 g/mol. The number of halogens is 1. The van der Waals surface area contributed by atoms with E-state index in [0.717, 1.165) is 42.6 Å². The number of nitrogens with zero attached hydrogens (tertiary/aromatic N) is 5. The first-order chi connectivity index (χ1) is 17.4. The van der Waals surface area contributed by atoms with Crippen LogP contribution in [0.2, 0.25) is 5.02 Å². The van der Waals surface area contributed by atoms with Crippen molar-refractivity contribution < 1.29 is 14.6 Å². The summed E-state index contributed by atoms with van der Waals surface area (Å²) in [6.45, 7) is 3.97. The quantitative estimate of drug-likeness (QED) is 0.470. The fourth-order valence-corrected chi connectivity index (χ4v) is 5.34. The third-order valence-corrected chi connectivity index (χ3v) is 7.44. The van der Waals surface area contributed by atoms with Crippen LogP contribution in [0.1, 0.15) is 43.4 Å². The smallest absolute Gasteiger partial charge is 0.412 e. The number of piperidine rings is 1. The Morgan fingerprint density at radius 3 is 2.72 bits per heavy atom. The molecule has 0 radical (unpaired) electrons. The molecule has 2 aliphatic heterocycles.